The van der Waals surface area contributed by atoms with Gasteiger partial charge >= 0.3 is 0 Å². The van der Waals surface area contributed by atoms with Crippen LogP contribution in [-0.2, 0) is 0 Å². The summed E-state index contributed by atoms with van der Waals surface area (Å²) in [6.45, 7) is 4.42. The largest absolute Gasteiger partial charge is 0.141 e. The van der Waals surface area contributed by atoms with E-state index in [2.05, 4.69) is 26.0 Å². The normalized spacial score (nSPS) is 17.2. The van der Waals surface area contributed by atoms with Crippen LogP contribution in [0.2, 0.25) is 0 Å². The van der Waals surface area contributed by atoms with Crippen LogP contribution in [0.15, 0.2) is 12.1 Å². The van der Waals surface area contributed by atoms with Gasteiger partial charge in [-0.25, -0.2) is 0 Å². The van der Waals surface area contributed by atoms with Crippen molar-refractivity contribution in [2.24, 2.45) is 0 Å². The predicted molar refractivity (Wildman–Crippen MR) is 60.2 cm³/mol. The van der Waals surface area contributed by atoms with Gasteiger partial charge in [0.25, 0.3) is 0 Å². The standard InChI is InChI=1S/C12H16S/c1-9-8-12(13-10(9)2)11-6-4-3-5-7-11/h6,8H,3-5,7H2,1-2H3. The van der Waals surface area contributed by atoms with Crippen molar-refractivity contribution >= 4 is 16.9 Å². The van der Waals surface area contributed by atoms with Crippen LogP contribution in [0.25, 0.3) is 5.57 Å². The van der Waals surface area contributed by atoms with Crippen molar-refractivity contribution in [2.75, 3.05) is 0 Å². The van der Waals surface area contributed by atoms with E-state index in [1.807, 2.05) is 11.3 Å². The molecule has 0 saturated carbocycles. The molecule has 1 heteroatoms. The van der Waals surface area contributed by atoms with Crippen molar-refractivity contribution < 1.29 is 0 Å². The molecule has 0 amide bonds. The van der Waals surface area contributed by atoms with Crippen LogP contribution < -0.4 is 0 Å². The Morgan fingerprint density at radius 1 is 1.23 bits per heavy atom. The van der Waals surface area contributed by atoms with Gasteiger partial charge in [0.1, 0.15) is 0 Å². The van der Waals surface area contributed by atoms with Crippen LogP contribution in [0, 0.1) is 13.8 Å². The molecule has 0 aromatic carbocycles. The molecule has 1 aliphatic rings. The van der Waals surface area contributed by atoms with E-state index in [0.717, 1.165) is 0 Å². The third kappa shape index (κ3) is 1.86. The lowest BCUT2D eigenvalue weighted by Gasteiger charge is -2.10. The summed E-state index contributed by atoms with van der Waals surface area (Å²) < 4.78 is 0. The van der Waals surface area contributed by atoms with Gasteiger partial charge in [0.05, 0.1) is 0 Å². The maximum Gasteiger partial charge on any atom is 0.0304 e. The molecule has 1 aromatic heterocycles. The van der Waals surface area contributed by atoms with Crippen molar-refractivity contribution in [2.45, 2.75) is 39.5 Å². The summed E-state index contributed by atoms with van der Waals surface area (Å²) in [5.74, 6) is 0. The van der Waals surface area contributed by atoms with E-state index in [4.69, 9.17) is 0 Å². The molecule has 0 aliphatic heterocycles. The van der Waals surface area contributed by atoms with E-state index in [-0.39, 0.29) is 0 Å². The van der Waals surface area contributed by atoms with Crippen LogP contribution in [0.5, 0.6) is 0 Å². The van der Waals surface area contributed by atoms with E-state index in [0.29, 0.717) is 0 Å². The molecule has 1 aromatic rings. The van der Waals surface area contributed by atoms with Gasteiger partial charge in [-0.05, 0) is 56.7 Å². The lowest BCUT2D eigenvalue weighted by atomic mass is 9.98. The zero-order chi connectivity index (χ0) is 9.26. The molecule has 0 fully saturated rings. The fourth-order valence-corrected chi connectivity index (χ4v) is 2.90. The van der Waals surface area contributed by atoms with Gasteiger partial charge in [-0.15, -0.1) is 11.3 Å². The number of hydrogen-bond acceptors (Lipinski definition) is 1. The molecule has 0 saturated heterocycles. The van der Waals surface area contributed by atoms with Gasteiger partial charge in [0.2, 0.25) is 0 Å². The topological polar surface area (TPSA) is 0 Å². The quantitative estimate of drug-likeness (QED) is 0.621. The van der Waals surface area contributed by atoms with Gasteiger partial charge in [0.15, 0.2) is 0 Å². The van der Waals surface area contributed by atoms with Gasteiger partial charge in [0, 0.05) is 9.75 Å². The first-order chi connectivity index (χ1) is 6.27. The van der Waals surface area contributed by atoms with Crippen molar-refractivity contribution in [1.29, 1.82) is 0 Å². The Kier molecular flexibility index (Phi) is 2.54. The highest BCUT2D eigenvalue weighted by Gasteiger charge is 2.09. The SMILES string of the molecule is Cc1cc(C2=CCCCC2)sc1C. The van der Waals surface area contributed by atoms with E-state index in [1.165, 1.54) is 41.0 Å². The molecule has 0 radical (unpaired) electrons. The third-order valence-corrected chi connectivity index (χ3v) is 4.00. The molecular weight excluding hydrogens is 176 g/mol. The molecular formula is C12H16S. The second kappa shape index (κ2) is 3.67. The summed E-state index contributed by atoms with van der Waals surface area (Å²) in [6.07, 6.45) is 7.76. The molecule has 0 spiro atoms. The highest BCUT2D eigenvalue weighted by Crippen LogP contribution is 2.33. The molecule has 1 heterocycles. The van der Waals surface area contributed by atoms with Crippen LogP contribution in [0.1, 0.15) is 41.0 Å². The summed E-state index contributed by atoms with van der Waals surface area (Å²) in [7, 11) is 0. The molecule has 0 atom stereocenters. The van der Waals surface area contributed by atoms with E-state index in [9.17, 15) is 0 Å². The first kappa shape index (κ1) is 9.01. The van der Waals surface area contributed by atoms with Crippen LogP contribution in [0.4, 0.5) is 0 Å². The van der Waals surface area contributed by atoms with E-state index < -0.39 is 0 Å². The number of aryl methyl sites for hydroxylation is 2. The predicted octanol–water partition coefficient (Wildman–Crippen LogP) is 4.32. The lowest BCUT2D eigenvalue weighted by molar-refractivity contribution is 0.743. The Bertz CT molecular complexity index is 311. The fourth-order valence-electron chi connectivity index (χ4n) is 1.79. The molecule has 13 heavy (non-hydrogen) atoms. The van der Waals surface area contributed by atoms with E-state index >= 15 is 0 Å². The van der Waals surface area contributed by atoms with Crippen molar-refractivity contribution in [1.82, 2.24) is 0 Å². The van der Waals surface area contributed by atoms with Gasteiger partial charge in [-0.2, -0.15) is 0 Å². The summed E-state index contributed by atoms with van der Waals surface area (Å²) in [6, 6.07) is 2.34. The highest BCUT2D eigenvalue weighted by atomic mass is 32.1. The molecule has 2 rings (SSSR count). The highest BCUT2D eigenvalue weighted by molar-refractivity contribution is 7.13. The van der Waals surface area contributed by atoms with Gasteiger partial charge in [-0.3, -0.25) is 0 Å². The molecule has 0 unspecified atom stereocenters. The second-order valence-corrected chi connectivity index (χ2v) is 5.08. The maximum atomic E-state index is 2.42. The van der Waals surface area contributed by atoms with Crippen LogP contribution in [0.3, 0.4) is 0 Å². The number of hydrogen-bond donors (Lipinski definition) is 0. The molecule has 1 aliphatic carbocycles. The Morgan fingerprint density at radius 2 is 2.08 bits per heavy atom. The third-order valence-electron chi connectivity index (χ3n) is 2.77. The van der Waals surface area contributed by atoms with Crippen molar-refractivity contribution in [3.8, 4) is 0 Å². The van der Waals surface area contributed by atoms with Gasteiger partial charge in [-0.1, -0.05) is 6.08 Å². The zero-order valence-corrected chi connectivity index (χ0v) is 9.21. The Morgan fingerprint density at radius 3 is 2.62 bits per heavy atom. The molecule has 0 nitrogen and oxygen atoms in total. The van der Waals surface area contributed by atoms with Gasteiger partial charge < -0.3 is 0 Å². The van der Waals surface area contributed by atoms with Crippen LogP contribution >= 0.6 is 11.3 Å². The zero-order valence-electron chi connectivity index (χ0n) is 8.39. The Hall–Kier alpha value is -0.560. The van der Waals surface area contributed by atoms with Crippen molar-refractivity contribution in [3.63, 3.8) is 0 Å². The summed E-state index contributed by atoms with van der Waals surface area (Å²) in [5, 5.41) is 0. The fraction of sp³-hybridized carbons (Fsp3) is 0.500. The van der Waals surface area contributed by atoms with Crippen molar-refractivity contribution in [3.05, 3.63) is 27.5 Å². The Balaban J connectivity index is 2.29. The lowest BCUT2D eigenvalue weighted by Crippen LogP contribution is -1.88. The maximum absolute atomic E-state index is 2.42. The van der Waals surface area contributed by atoms with Crippen LogP contribution in [-0.4, -0.2) is 0 Å². The molecule has 70 valence electrons. The monoisotopic (exact) mass is 192 g/mol. The summed E-state index contributed by atoms with van der Waals surface area (Å²) in [4.78, 5) is 2.98. The first-order valence-electron chi connectivity index (χ1n) is 5.04. The summed E-state index contributed by atoms with van der Waals surface area (Å²) >= 11 is 1.95. The minimum absolute atomic E-state index is 1.28. The number of rotatable bonds is 1. The smallest absolute Gasteiger partial charge is 0.0304 e. The summed E-state index contributed by atoms with van der Waals surface area (Å²) in [5.41, 5.74) is 3.04. The first-order valence-corrected chi connectivity index (χ1v) is 5.85. The van der Waals surface area contributed by atoms with E-state index in [1.54, 1.807) is 5.57 Å². The minimum Gasteiger partial charge on any atom is -0.141 e. The molecule has 0 bridgehead atoms. The Labute approximate surface area is 84.3 Å². The number of thiophene rings is 1. The average molecular weight is 192 g/mol. The molecule has 0 N–H and O–H groups in total. The minimum atomic E-state index is 1.28. The number of allylic oxidation sites excluding steroid dienone is 2. The average Bonchev–Trinajstić information content (AvgIpc) is 2.49. The second-order valence-electron chi connectivity index (χ2n) is 3.82.